The molecule has 3 nitrogen and oxygen atoms in total. The Hall–Kier alpha value is 0.460. The van der Waals surface area contributed by atoms with Gasteiger partial charge in [-0.25, -0.2) is 0 Å². The summed E-state index contributed by atoms with van der Waals surface area (Å²) in [5, 5.41) is 0. The monoisotopic (exact) mass is 202 g/mol. The molecule has 0 aliphatic heterocycles. The highest BCUT2D eigenvalue weighted by Crippen LogP contribution is 1.90. The Morgan fingerprint density at radius 2 is 1.18 bits per heavy atom. The van der Waals surface area contributed by atoms with Crippen LogP contribution in [0, 0.1) is 0 Å². The predicted octanol–water partition coefficient (Wildman–Crippen LogP) is 2.12. The lowest BCUT2D eigenvalue weighted by Crippen LogP contribution is -2.01. The summed E-state index contributed by atoms with van der Waals surface area (Å²) in [6.07, 6.45) is 1.62. The summed E-state index contributed by atoms with van der Waals surface area (Å²) in [6, 6.07) is 0. The molecule has 0 N–H and O–H groups in total. The Bertz CT molecular complexity index is 64.8. The van der Waals surface area contributed by atoms with Gasteiger partial charge in [0.1, 0.15) is 0 Å². The molecule has 0 amide bonds. The first-order valence-electron chi connectivity index (χ1n) is 3.46. The molecule has 0 atom stereocenters. The minimum atomic E-state index is 0.521. The van der Waals surface area contributed by atoms with Crippen LogP contribution in [0.5, 0.6) is 0 Å². The van der Waals surface area contributed by atoms with Crippen LogP contribution in [0.3, 0.4) is 0 Å². The Morgan fingerprint density at radius 1 is 0.727 bits per heavy atom. The van der Waals surface area contributed by atoms with Crippen LogP contribution in [-0.2, 0) is 13.3 Å². The minimum absolute atomic E-state index is 0.521. The minimum Gasteiger partial charge on any atom is -0.381 e. The number of hydrogen-bond acceptors (Lipinski definition) is 3. The van der Waals surface area contributed by atoms with Gasteiger partial charge < -0.3 is 4.74 Å². The molecule has 68 valence electrons. The van der Waals surface area contributed by atoms with Crippen molar-refractivity contribution >= 4 is 23.7 Å². The van der Waals surface area contributed by atoms with Gasteiger partial charge in [0.25, 0.3) is 0 Å². The van der Waals surface area contributed by atoms with E-state index in [1.165, 1.54) is 0 Å². The van der Waals surface area contributed by atoms with E-state index in [2.05, 4.69) is 8.58 Å². The highest BCUT2D eigenvalue weighted by atomic mass is 35.5. The average Bonchev–Trinajstić information content (AvgIpc) is 2.03. The molecule has 0 saturated carbocycles. The molecule has 5 heteroatoms. The van der Waals surface area contributed by atoms with Gasteiger partial charge in [-0.3, -0.25) is 8.58 Å². The number of halogens is 2. The molecule has 0 bridgehead atoms. The van der Waals surface area contributed by atoms with Crippen molar-refractivity contribution in [2.75, 3.05) is 26.4 Å². The molecule has 0 aliphatic carbocycles. The standard InChI is InChI=1S/C6H12Cl2O3/c7-10-5-1-3-9-4-2-6-11-8/h1-6H2. The maximum absolute atomic E-state index is 5.16. The Morgan fingerprint density at radius 3 is 1.55 bits per heavy atom. The van der Waals surface area contributed by atoms with Crippen molar-refractivity contribution < 1.29 is 13.3 Å². The smallest absolute Gasteiger partial charge is 0.0704 e. The second kappa shape index (κ2) is 10.5. The Labute approximate surface area is 76.9 Å². The fraction of sp³-hybridized carbons (Fsp3) is 1.00. The fourth-order valence-corrected chi connectivity index (χ4v) is 0.751. The number of rotatable bonds is 8. The summed E-state index contributed by atoms with van der Waals surface area (Å²) in [7, 11) is 0. The Balaban J connectivity index is 2.69. The molecule has 0 rings (SSSR count). The van der Waals surface area contributed by atoms with Crippen molar-refractivity contribution in [3.63, 3.8) is 0 Å². The first-order valence-corrected chi connectivity index (χ1v) is 4.08. The molecule has 0 unspecified atom stereocenters. The third-order valence-electron chi connectivity index (χ3n) is 1.02. The van der Waals surface area contributed by atoms with E-state index < -0.39 is 0 Å². The van der Waals surface area contributed by atoms with Crippen molar-refractivity contribution in [2.24, 2.45) is 0 Å². The lowest BCUT2D eigenvalue weighted by atomic mass is 10.5. The van der Waals surface area contributed by atoms with E-state index in [0.717, 1.165) is 12.8 Å². The van der Waals surface area contributed by atoms with E-state index in [9.17, 15) is 0 Å². The first-order chi connectivity index (χ1) is 5.41. The van der Waals surface area contributed by atoms with Crippen LogP contribution in [0.15, 0.2) is 0 Å². The largest absolute Gasteiger partial charge is 0.381 e. The maximum Gasteiger partial charge on any atom is 0.0704 e. The van der Waals surface area contributed by atoms with Crippen LogP contribution in [0.2, 0.25) is 0 Å². The SMILES string of the molecule is ClOCCCOCCCOCl. The summed E-state index contributed by atoms with van der Waals surface area (Å²) >= 11 is 9.94. The number of ether oxygens (including phenoxy) is 1. The van der Waals surface area contributed by atoms with E-state index in [1.54, 1.807) is 0 Å². The molecule has 0 saturated heterocycles. The van der Waals surface area contributed by atoms with Gasteiger partial charge in [-0.1, -0.05) is 0 Å². The Kier molecular flexibility index (Phi) is 10.9. The highest BCUT2D eigenvalue weighted by Gasteiger charge is 1.89. The molecule has 0 heterocycles. The van der Waals surface area contributed by atoms with Crippen LogP contribution < -0.4 is 0 Å². The van der Waals surface area contributed by atoms with Gasteiger partial charge in [0.15, 0.2) is 0 Å². The van der Waals surface area contributed by atoms with Crippen LogP contribution in [0.1, 0.15) is 12.8 Å². The van der Waals surface area contributed by atoms with Gasteiger partial charge in [-0.15, -0.1) is 0 Å². The molecule has 0 fully saturated rings. The van der Waals surface area contributed by atoms with E-state index in [-0.39, 0.29) is 0 Å². The molecule has 0 radical (unpaired) electrons. The second-order valence-corrected chi connectivity index (χ2v) is 2.38. The van der Waals surface area contributed by atoms with Crippen molar-refractivity contribution in [1.29, 1.82) is 0 Å². The highest BCUT2D eigenvalue weighted by molar-refractivity contribution is 6.07. The molecular weight excluding hydrogens is 191 g/mol. The van der Waals surface area contributed by atoms with Crippen LogP contribution >= 0.6 is 23.7 Å². The van der Waals surface area contributed by atoms with Crippen LogP contribution in [-0.4, -0.2) is 26.4 Å². The molecule has 0 spiro atoms. The van der Waals surface area contributed by atoms with Crippen molar-refractivity contribution in [3.8, 4) is 0 Å². The predicted molar refractivity (Wildman–Crippen MR) is 43.7 cm³/mol. The lowest BCUT2D eigenvalue weighted by molar-refractivity contribution is 0.110. The second-order valence-electron chi connectivity index (χ2n) is 1.95. The van der Waals surface area contributed by atoms with Crippen molar-refractivity contribution in [2.45, 2.75) is 12.8 Å². The quantitative estimate of drug-likeness (QED) is 0.565. The van der Waals surface area contributed by atoms with Gasteiger partial charge in [0.05, 0.1) is 36.9 Å². The fourth-order valence-electron chi connectivity index (χ4n) is 0.533. The van der Waals surface area contributed by atoms with Gasteiger partial charge in [0, 0.05) is 13.2 Å². The number of hydrogen-bond donors (Lipinski definition) is 0. The summed E-state index contributed by atoms with van der Waals surface area (Å²) in [5.41, 5.74) is 0. The molecule has 0 aromatic carbocycles. The van der Waals surface area contributed by atoms with Gasteiger partial charge >= 0.3 is 0 Å². The lowest BCUT2D eigenvalue weighted by Gasteiger charge is -2.00. The topological polar surface area (TPSA) is 27.7 Å². The van der Waals surface area contributed by atoms with Gasteiger partial charge in [-0.05, 0) is 12.8 Å². The van der Waals surface area contributed by atoms with E-state index in [1.807, 2.05) is 0 Å². The van der Waals surface area contributed by atoms with Crippen molar-refractivity contribution in [1.82, 2.24) is 0 Å². The van der Waals surface area contributed by atoms with Crippen LogP contribution in [0.4, 0.5) is 0 Å². The molecule has 11 heavy (non-hydrogen) atoms. The van der Waals surface area contributed by atoms with Crippen molar-refractivity contribution in [3.05, 3.63) is 0 Å². The normalized spacial score (nSPS) is 10.4. The zero-order valence-electron chi connectivity index (χ0n) is 6.22. The first kappa shape index (κ1) is 11.5. The van der Waals surface area contributed by atoms with Gasteiger partial charge in [-0.2, -0.15) is 0 Å². The summed E-state index contributed by atoms with van der Waals surface area (Å²) < 4.78 is 13.8. The summed E-state index contributed by atoms with van der Waals surface area (Å²) in [6.45, 7) is 2.37. The zero-order valence-corrected chi connectivity index (χ0v) is 7.74. The molecule has 0 aromatic rings. The maximum atomic E-state index is 5.16. The average molecular weight is 203 g/mol. The summed E-state index contributed by atoms with van der Waals surface area (Å²) in [4.78, 5) is 0. The third-order valence-corrected chi connectivity index (χ3v) is 1.33. The zero-order chi connectivity index (χ0) is 8.36. The van der Waals surface area contributed by atoms with E-state index >= 15 is 0 Å². The molecular formula is C6H12Cl2O3. The molecule has 0 aliphatic rings. The van der Waals surface area contributed by atoms with E-state index in [0.29, 0.717) is 26.4 Å². The van der Waals surface area contributed by atoms with E-state index in [4.69, 9.17) is 28.5 Å². The van der Waals surface area contributed by atoms with Crippen LogP contribution in [0.25, 0.3) is 0 Å². The molecule has 0 aromatic heterocycles. The van der Waals surface area contributed by atoms with Gasteiger partial charge in [0.2, 0.25) is 0 Å². The summed E-state index contributed by atoms with van der Waals surface area (Å²) in [5.74, 6) is 0. The third kappa shape index (κ3) is 10.5.